The summed E-state index contributed by atoms with van der Waals surface area (Å²) in [4.78, 5) is 0. The van der Waals surface area contributed by atoms with Crippen LogP contribution in [-0.2, 0) is 13.7 Å². The fourth-order valence-corrected chi connectivity index (χ4v) is 2.13. The molecule has 82 valence electrons. The van der Waals surface area contributed by atoms with Crippen molar-refractivity contribution in [3.63, 3.8) is 0 Å². The van der Waals surface area contributed by atoms with Crippen LogP contribution in [0.1, 0.15) is 6.92 Å². The molecule has 15 heavy (non-hydrogen) atoms. The van der Waals surface area contributed by atoms with Crippen LogP contribution >= 0.6 is 19.2 Å². The molecule has 0 heterocycles. The van der Waals surface area contributed by atoms with Gasteiger partial charge in [0.2, 0.25) is 0 Å². The third-order valence-electron chi connectivity index (χ3n) is 1.59. The molecule has 0 bridgehead atoms. The Morgan fingerprint density at radius 3 is 2.47 bits per heavy atom. The van der Waals surface area contributed by atoms with Crippen molar-refractivity contribution in [2.45, 2.75) is 6.92 Å². The van der Waals surface area contributed by atoms with Gasteiger partial charge >= 0.3 is 7.60 Å². The predicted octanol–water partition coefficient (Wildman–Crippen LogP) is 2.74. The Balaban J connectivity index is 2.96. The van der Waals surface area contributed by atoms with Crippen LogP contribution in [0, 0.1) is 0 Å². The first-order valence-corrected chi connectivity index (χ1v) is 6.11. The molecule has 1 rings (SSSR count). The molecule has 1 atom stereocenters. The van der Waals surface area contributed by atoms with E-state index < -0.39 is 7.60 Å². The number of benzene rings is 1. The lowest BCUT2D eigenvalue weighted by Crippen LogP contribution is -2.06. The van der Waals surface area contributed by atoms with Crippen molar-refractivity contribution < 1.29 is 13.7 Å². The van der Waals surface area contributed by atoms with Crippen LogP contribution in [0.5, 0.6) is 0 Å². The molecule has 0 aliphatic carbocycles. The molecule has 0 spiro atoms. The molecule has 0 fully saturated rings. The largest absolute Gasteiger partial charge is 0.430 e. The average Bonchev–Trinajstić information content (AvgIpc) is 2.27. The van der Waals surface area contributed by atoms with Gasteiger partial charge in [-0.3, -0.25) is 4.52 Å². The van der Waals surface area contributed by atoms with Gasteiger partial charge in [-0.1, -0.05) is 35.0 Å². The van der Waals surface area contributed by atoms with Gasteiger partial charge in [-0.05, 0) is 19.1 Å². The normalized spacial score (nSPS) is 15.8. The smallest absolute Gasteiger partial charge is 0.309 e. The number of rotatable bonds is 4. The first-order valence-electron chi connectivity index (χ1n) is 4.19. The van der Waals surface area contributed by atoms with Gasteiger partial charge in [-0.25, -0.2) is 4.57 Å². The Morgan fingerprint density at radius 1 is 1.40 bits per heavy atom. The van der Waals surface area contributed by atoms with Crippen LogP contribution in [0.15, 0.2) is 35.5 Å². The summed E-state index contributed by atoms with van der Waals surface area (Å²) in [6.45, 7) is 1.52. The lowest BCUT2D eigenvalue weighted by Gasteiger charge is -2.12. The van der Waals surface area contributed by atoms with Crippen molar-refractivity contribution in [1.82, 2.24) is 0 Å². The van der Waals surface area contributed by atoms with E-state index in [4.69, 9.17) is 20.7 Å². The molecule has 0 radical (unpaired) electrons. The van der Waals surface area contributed by atoms with Gasteiger partial charge < -0.3 is 4.62 Å². The highest BCUT2D eigenvalue weighted by atomic mass is 35.5. The number of hydrogen-bond donors (Lipinski definition) is 0. The van der Waals surface area contributed by atoms with E-state index in [1.165, 1.54) is 14.0 Å². The second-order valence-corrected chi connectivity index (χ2v) is 5.27. The topological polar surface area (TPSA) is 47.9 Å². The van der Waals surface area contributed by atoms with Crippen LogP contribution < -0.4 is 5.30 Å². The number of hydrogen-bond acceptors (Lipinski definition) is 4. The summed E-state index contributed by atoms with van der Waals surface area (Å²) in [5.74, 6) is 0. The fourth-order valence-electron chi connectivity index (χ4n) is 0.906. The molecule has 0 saturated heterocycles. The Bertz CT molecular complexity index is 390. The molecule has 0 N–H and O–H groups in total. The summed E-state index contributed by atoms with van der Waals surface area (Å²) >= 11 is 5.48. The Hall–Kier alpha value is -0.830. The summed E-state index contributed by atoms with van der Waals surface area (Å²) in [5.41, 5.74) is 0. The van der Waals surface area contributed by atoms with Crippen molar-refractivity contribution in [3.8, 4) is 0 Å². The maximum atomic E-state index is 12.1. The van der Waals surface area contributed by atoms with Crippen LogP contribution in [0.3, 0.4) is 0 Å². The second-order valence-electron chi connectivity index (χ2n) is 2.69. The zero-order chi connectivity index (χ0) is 11.3. The minimum atomic E-state index is -3.38. The van der Waals surface area contributed by atoms with Crippen LogP contribution in [0.25, 0.3) is 0 Å². The van der Waals surface area contributed by atoms with Gasteiger partial charge in [0.25, 0.3) is 0 Å². The van der Waals surface area contributed by atoms with Crippen molar-refractivity contribution in [1.29, 1.82) is 0 Å². The molecule has 0 aromatic heterocycles. The molecule has 0 amide bonds. The Labute approximate surface area is 93.4 Å². The molecular weight excluding hydrogens is 237 g/mol. The standard InChI is InChI=1S/C9H11ClNO3P/c1-8(10)11-14-15(12,13-2)9-6-4-3-5-7-9/h3-7H,1-2H3. The first kappa shape index (κ1) is 12.2. The monoisotopic (exact) mass is 247 g/mol. The number of oxime groups is 1. The summed E-state index contributed by atoms with van der Waals surface area (Å²) in [6.07, 6.45) is 0. The highest BCUT2D eigenvalue weighted by Gasteiger charge is 2.27. The lowest BCUT2D eigenvalue weighted by molar-refractivity contribution is 0.254. The van der Waals surface area contributed by atoms with Gasteiger partial charge in [0.05, 0.1) is 5.30 Å². The maximum absolute atomic E-state index is 12.1. The zero-order valence-electron chi connectivity index (χ0n) is 8.38. The molecule has 4 nitrogen and oxygen atoms in total. The minimum absolute atomic E-state index is 0.156. The quantitative estimate of drug-likeness (QED) is 0.467. The van der Waals surface area contributed by atoms with Crippen molar-refractivity contribution in [3.05, 3.63) is 30.3 Å². The van der Waals surface area contributed by atoms with Gasteiger partial charge in [-0.15, -0.1) is 0 Å². The summed E-state index contributed by atoms with van der Waals surface area (Å²) < 4.78 is 21.7. The summed E-state index contributed by atoms with van der Waals surface area (Å²) in [7, 11) is -2.08. The molecule has 0 aliphatic rings. The first-order chi connectivity index (χ1) is 7.08. The van der Waals surface area contributed by atoms with E-state index in [9.17, 15) is 4.57 Å². The maximum Gasteiger partial charge on any atom is 0.430 e. The Morgan fingerprint density at radius 2 is 2.00 bits per heavy atom. The number of nitrogens with zero attached hydrogens (tertiary/aromatic N) is 1. The van der Waals surface area contributed by atoms with E-state index in [1.54, 1.807) is 30.3 Å². The average molecular weight is 248 g/mol. The summed E-state index contributed by atoms with van der Waals surface area (Å²) in [6, 6.07) is 8.57. The van der Waals surface area contributed by atoms with E-state index in [0.717, 1.165) is 0 Å². The molecule has 1 aromatic rings. The van der Waals surface area contributed by atoms with Gasteiger partial charge in [0, 0.05) is 7.11 Å². The predicted molar refractivity (Wildman–Crippen MR) is 60.7 cm³/mol. The third-order valence-corrected chi connectivity index (χ3v) is 3.36. The highest BCUT2D eigenvalue weighted by molar-refractivity contribution is 7.62. The molecule has 1 unspecified atom stereocenters. The van der Waals surface area contributed by atoms with E-state index in [-0.39, 0.29) is 5.17 Å². The SMILES string of the molecule is COP(=O)(ON=C(C)Cl)c1ccccc1. The third kappa shape index (κ3) is 3.34. The van der Waals surface area contributed by atoms with E-state index in [0.29, 0.717) is 5.30 Å². The molecule has 6 heteroatoms. The van der Waals surface area contributed by atoms with Crippen molar-refractivity contribution in [2.24, 2.45) is 5.16 Å². The molecule has 0 aliphatic heterocycles. The minimum Gasteiger partial charge on any atom is -0.309 e. The van der Waals surface area contributed by atoms with Crippen LogP contribution in [-0.4, -0.2) is 12.3 Å². The zero-order valence-corrected chi connectivity index (χ0v) is 10.0. The molecular formula is C9H11ClNO3P. The summed E-state index contributed by atoms with van der Waals surface area (Å²) in [5, 5.41) is 4.03. The molecule has 0 saturated carbocycles. The van der Waals surface area contributed by atoms with Crippen LogP contribution in [0.4, 0.5) is 0 Å². The van der Waals surface area contributed by atoms with E-state index in [2.05, 4.69) is 5.16 Å². The van der Waals surface area contributed by atoms with E-state index in [1.807, 2.05) is 0 Å². The highest BCUT2D eigenvalue weighted by Crippen LogP contribution is 2.46. The van der Waals surface area contributed by atoms with Gasteiger partial charge in [0.1, 0.15) is 5.17 Å². The number of halogens is 1. The van der Waals surface area contributed by atoms with Gasteiger partial charge in [-0.2, -0.15) is 0 Å². The van der Waals surface area contributed by atoms with Crippen molar-refractivity contribution >= 4 is 29.7 Å². The van der Waals surface area contributed by atoms with E-state index >= 15 is 0 Å². The lowest BCUT2D eigenvalue weighted by atomic mass is 10.4. The van der Waals surface area contributed by atoms with Crippen LogP contribution in [0.2, 0.25) is 0 Å². The second kappa shape index (κ2) is 5.31. The van der Waals surface area contributed by atoms with Gasteiger partial charge in [0.15, 0.2) is 0 Å². The van der Waals surface area contributed by atoms with Crippen molar-refractivity contribution in [2.75, 3.05) is 7.11 Å². The molecule has 1 aromatic carbocycles. The Kier molecular flexibility index (Phi) is 4.33. The fraction of sp³-hybridized carbons (Fsp3) is 0.222.